The van der Waals surface area contributed by atoms with Crippen LogP contribution in [0.5, 0.6) is 0 Å². The molecule has 5 nitrogen and oxygen atoms in total. The van der Waals surface area contributed by atoms with Gasteiger partial charge in [0.25, 0.3) is 0 Å². The zero-order valence-corrected chi connectivity index (χ0v) is 13.9. The smallest absolute Gasteiger partial charge is 0.233 e. The Morgan fingerprint density at radius 2 is 1.68 bits per heavy atom. The van der Waals surface area contributed by atoms with Crippen LogP contribution in [0, 0.1) is 25.7 Å². The molecular weight excluding hydrogens is 302 g/mol. The predicted molar refractivity (Wildman–Crippen MR) is 83.5 cm³/mol. The van der Waals surface area contributed by atoms with Gasteiger partial charge in [0.05, 0.1) is 28.2 Å². The average molecular weight is 324 g/mol. The van der Waals surface area contributed by atoms with Crippen molar-refractivity contribution in [1.82, 2.24) is 14.7 Å². The Bertz CT molecular complexity index is 587. The van der Waals surface area contributed by atoms with Gasteiger partial charge in [-0.1, -0.05) is 24.4 Å². The fourth-order valence-corrected chi connectivity index (χ4v) is 3.86. The number of aryl methyl sites for hydroxylation is 2. The standard InChI is InChI=1S/C16H22ClN3O2/c1-10-14(17)11(2)20(18-10)9-5-8-19-15(21)12-6-3-4-7-13(12)16(19)22/h12-13H,3-9H2,1-2H3. The van der Waals surface area contributed by atoms with E-state index >= 15 is 0 Å². The van der Waals surface area contributed by atoms with Gasteiger partial charge in [0, 0.05) is 13.1 Å². The van der Waals surface area contributed by atoms with E-state index in [-0.39, 0.29) is 23.7 Å². The molecule has 2 fully saturated rings. The minimum atomic E-state index is -0.0515. The number of carbonyl (C=O) groups is 2. The molecule has 1 saturated heterocycles. The SMILES string of the molecule is Cc1nn(CCCN2C(=O)C3CCCCC3C2=O)c(C)c1Cl. The van der Waals surface area contributed by atoms with E-state index in [0.29, 0.717) is 18.1 Å². The highest BCUT2D eigenvalue weighted by molar-refractivity contribution is 6.31. The molecule has 2 amide bonds. The molecule has 0 N–H and O–H groups in total. The van der Waals surface area contributed by atoms with Gasteiger partial charge < -0.3 is 0 Å². The van der Waals surface area contributed by atoms with E-state index in [1.54, 1.807) is 0 Å². The van der Waals surface area contributed by atoms with Crippen LogP contribution in [-0.2, 0) is 16.1 Å². The first-order chi connectivity index (χ1) is 10.5. The van der Waals surface area contributed by atoms with Crippen LogP contribution in [-0.4, -0.2) is 33.0 Å². The molecule has 6 heteroatoms. The second-order valence-corrected chi connectivity index (χ2v) is 6.77. The van der Waals surface area contributed by atoms with Gasteiger partial charge in [-0.05, 0) is 33.1 Å². The van der Waals surface area contributed by atoms with Crippen molar-refractivity contribution in [3.8, 4) is 0 Å². The van der Waals surface area contributed by atoms with Crippen LogP contribution < -0.4 is 0 Å². The van der Waals surface area contributed by atoms with Gasteiger partial charge in [-0.2, -0.15) is 5.10 Å². The highest BCUT2D eigenvalue weighted by Crippen LogP contribution is 2.38. The van der Waals surface area contributed by atoms with Crippen molar-refractivity contribution >= 4 is 23.4 Å². The molecule has 2 heterocycles. The van der Waals surface area contributed by atoms with Crippen molar-refractivity contribution in [2.24, 2.45) is 11.8 Å². The normalized spacial score (nSPS) is 25.0. The third-order valence-corrected chi connectivity index (χ3v) is 5.52. The van der Waals surface area contributed by atoms with Crippen LogP contribution in [0.4, 0.5) is 0 Å². The fraction of sp³-hybridized carbons (Fsp3) is 0.688. The quantitative estimate of drug-likeness (QED) is 0.801. The van der Waals surface area contributed by atoms with Crippen LogP contribution in [0.25, 0.3) is 0 Å². The zero-order chi connectivity index (χ0) is 15.9. The summed E-state index contributed by atoms with van der Waals surface area (Å²) in [7, 11) is 0. The van der Waals surface area contributed by atoms with Gasteiger partial charge in [0.2, 0.25) is 11.8 Å². The van der Waals surface area contributed by atoms with Crippen LogP contribution in [0.1, 0.15) is 43.5 Å². The molecule has 0 spiro atoms. The Hall–Kier alpha value is -1.36. The van der Waals surface area contributed by atoms with Gasteiger partial charge in [-0.3, -0.25) is 19.2 Å². The number of imide groups is 1. The van der Waals surface area contributed by atoms with Gasteiger partial charge in [0.15, 0.2) is 0 Å². The molecule has 1 aliphatic carbocycles. The number of hydrogen-bond donors (Lipinski definition) is 0. The lowest BCUT2D eigenvalue weighted by atomic mass is 9.81. The van der Waals surface area contributed by atoms with E-state index in [9.17, 15) is 9.59 Å². The molecule has 2 atom stereocenters. The summed E-state index contributed by atoms with van der Waals surface area (Å²) >= 11 is 6.13. The topological polar surface area (TPSA) is 55.2 Å². The molecule has 0 radical (unpaired) electrons. The zero-order valence-electron chi connectivity index (χ0n) is 13.1. The van der Waals surface area contributed by atoms with E-state index in [1.807, 2.05) is 18.5 Å². The summed E-state index contributed by atoms with van der Waals surface area (Å²) in [5, 5.41) is 5.07. The molecule has 120 valence electrons. The van der Waals surface area contributed by atoms with E-state index in [0.717, 1.165) is 43.5 Å². The van der Waals surface area contributed by atoms with Crippen molar-refractivity contribution in [2.45, 2.75) is 52.5 Å². The Morgan fingerprint density at radius 3 is 2.18 bits per heavy atom. The van der Waals surface area contributed by atoms with E-state index in [4.69, 9.17) is 11.6 Å². The number of likely N-dealkylation sites (tertiary alicyclic amines) is 1. The number of halogens is 1. The second-order valence-electron chi connectivity index (χ2n) is 6.39. The molecule has 0 bridgehead atoms. The summed E-state index contributed by atoms with van der Waals surface area (Å²) in [6.07, 6.45) is 4.60. The summed E-state index contributed by atoms with van der Waals surface area (Å²) in [6, 6.07) is 0. The largest absolute Gasteiger partial charge is 0.282 e. The number of rotatable bonds is 4. The van der Waals surface area contributed by atoms with Crippen molar-refractivity contribution in [3.63, 3.8) is 0 Å². The maximum Gasteiger partial charge on any atom is 0.233 e. The first kappa shape index (κ1) is 15.5. The second kappa shape index (κ2) is 6.03. The average Bonchev–Trinajstić information content (AvgIpc) is 2.91. The lowest BCUT2D eigenvalue weighted by Crippen LogP contribution is -2.32. The number of carbonyl (C=O) groups excluding carboxylic acids is 2. The number of fused-ring (bicyclic) bond motifs is 1. The molecule has 1 aromatic heterocycles. The highest BCUT2D eigenvalue weighted by Gasteiger charge is 2.47. The first-order valence-corrected chi connectivity index (χ1v) is 8.43. The summed E-state index contributed by atoms with van der Waals surface area (Å²) < 4.78 is 1.86. The third kappa shape index (κ3) is 2.56. The van der Waals surface area contributed by atoms with Gasteiger partial charge in [-0.15, -0.1) is 0 Å². The molecule has 1 saturated carbocycles. The molecule has 1 aliphatic heterocycles. The maximum absolute atomic E-state index is 12.4. The summed E-state index contributed by atoms with van der Waals surface area (Å²) in [4.78, 5) is 26.2. The van der Waals surface area contributed by atoms with Crippen molar-refractivity contribution in [1.29, 1.82) is 0 Å². The minimum Gasteiger partial charge on any atom is -0.282 e. The number of amides is 2. The highest BCUT2D eigenvalue weighted by atomic mass is 35.5. The Morgan fingerprint density at radius 1 is 1.09 bits per heavy atom. The van der Waals surface area contributed by atoms with E-state index < -0.39 is 0 Å². The van der Waals surface area contributed by atoms with Crippen LogP contribution in [0.15, 0.2) is 0 Å². The molecule has 2 aliphatic rings. The van der Waals surface area contributed by atoms with Crippen LogP contribution >= 0.6 is 11.6 Å². The van der Waals surface area contributed by atoms with Crippen LogP contribution in [0.2, 0.25) is 5.02 Å². The summed E-state index contributed by atoms with van der Waals surface area (Å²) in [5.74, 6) is -0.0176. The van der Waals surface area contributed by atoms with Crippen LogP contribution in [0.3, 0.4) is 0 Å². The Labute approximate surface area is 135 Å². The first-order valence-electron chi connectivity index (χ1n) is 8.05. The van der Waals surface area contributed by atoms with Gasteiger partial charge in [0.1, 0.15) is 0 Å². The lowest BCUT2D eigenvalue weighted by molar-refractivity contribution is -0.140. The van der Waals surface area contributed by atoms with Crippen molar-refractivity contribution in [3.05, 3.63) is 16.4 Å². The van der Waals surface area contributed by atoms with Crippen molar-refractivity contribution < 1.29 is 9.59 Å². The van der Waals surface area contributed by atoms with E-state index in [1.165, 1.54) is 4.90 Å². The number of aromatic nitrogens is 2. The molecule has 3 rings (SSSR count). The Balaban J connectivity index is 1.60. The number of nitrogens with zero attached hydrogens (tertiary/aromatic N) is 3. The predicted octanol–water partition coefficient (Wildman–Crippen LogP) is 2.72. The van der Waals surface area contributed by atoms with Crippen molar-refractivity contribution in [2.75, 3.05) is 6.54 Å². The monoisotopic (exact) mass is 323 g/mol. The summed E-state index contributed by atoms with van der Waals surface area (Å²) in [6.45, 7) is 4.97. The third-order valence-electron chi connectivity index (χ3n) is 4.98. The lowest BCUT2D eigenvalue weighted by Gasteiger charge is -2.19. The van der Waals surface area contributed by atoms with Gasteiger partial charge in [-0.25, -0.2) is 0 Å². The molecule has 1 aromatic rings. The fourth-order valence-electron chi connectivity index (χ4n) is 3.72. The minimum absolute atomic E-state index is 0.0427. The molecule has 0 aromatic carbocycles. The molecule has 22 heavy (non-hydrogen) atoms. The van der Waals surface area contributed by atoms with Gasteiger partial charge >= 0.3 is 0 Å². The Kier molecular flexibility index (Phi) is 4.26. The molecule has 2 unspecified atom stereocenters. The summed E-state index contributed by atoms with van der Waals surface area (Å²) in [5.41, 5.74) is 1.76. The van der Waals surface area contributed by atoms with E-state index in [2.05, 4.69) is 5.10 Å². The maximum atomic E-state index is 12.4. The molecular formula is C16H22ClN3O2. The number of hydrogen-bond acceptors (Lipinski definition) is 3.